The van der Waals surface area contributed by atoms with Gasteiger partial charge >= 0.3 is 0 Å². The minimum Gasteiger partial charge on any atom is -0.370 e. The van der Waals surface area contributed by atoms with Crippen molar-refractivity contribution in [3.63, 3.8) is 0 Å². The summed E-state index contributed by atoms with van der Waals surface area (Å²) >= 11 is 0. The summed E-state index contributed by atoms with van der Waals surface area (Å²) in [6.45, 7) is 6.79. The average molecular weight is 209 g/mol. The minimum absolute atomic E-state index is 0.513. The predicted molar refractivity (Wildman–Crippen MR) is 63.8 cm³/mol. The summed E-state index contributed by atoms with van der Waals surface area (Å²) in [5.41, 5.74) is 6.03. The molecule has 1 heterocycles. The Morgan fingerprint density at radius 2 is 1.73 bits per heavy atom. The molecule has 0 atom stereocenters. The van der Waals surface area contributed by atoms with E-state index in [1.165, 1.54) is 25.7 Å². The zero-order valence-corrected chi connectivity index (χ0v) is 9.95. The Morgan fingerprint density at radius 3 is 2.27 bits per heavy atom. The normalized spacial score (nSPS) is 34.0. The van der Waals surface area contributed by atoms with Crippen LogP contribution in [0.4, 0.5) is 0 Å². The Morgan fingerprint density at radius 1 is 1.13 bits per heavy atom. The number of piperidine rings is 1. The maximum absolute atomic E-state index is 6.03. The first-order chi connectivity index (χ1) is 7.15. The standard InChI is InChI=1S/C12H23N3/c1-9-3-5-15(6-4-9)12(13)14-11-7-10(2)8-11/h9-11H,3-8H2,1-2H3,(H2,13,14). The number of hydrogen-bond donors (Lipinski definition) is 1. The van der Waals surface area contributed by atoms with E-state index in [2.05, 4.69) is 23.7 Å². The van der Waals surface area contributed by atoms with Gasteiger partial charge in [-0.1, -0.05) is 13.8 Å². The van der Waals surface area contributed by atoms with Gasteiger partial charge in [0.1, 0.15) is 0 Å². The molecule has 3 heteroatoms. The molecule has 0 spiro atoms. The molecule has 2 rings (SSSR count). The lowest BCUT2D eigenvalue weighted by Gasteiger charge is -2.34. The number of nitrogens with two attached hydrogens (primary N) is 1. The fourth-order valence-corrected chi connectivity index (χ4v) is 2.47. The zero-order chi connectivity index (χ0) is 10.8. The maximum atomic E-state index is 6.03. The summed E-state index contributed by atoms with van der Waals surface area (Å²) in [5, 5.41) is 0. The van der Waals surface area contributed by atoms with Gasteiger partial charge in [0, 0.05) is 13.1 Å². The highest BCUT2D eigenvalue weighted by molar-refractivity contribution is 5.78. The van der Waals surface area contributed by atoms with Crippen LogP contribution in [-0.4, -0.2) is 30.0 Å². The predicted octanol–water partition coefficient (Wildman–Crippen LogP) is 1.83. The Bertz CT molecular complexity index is 235. The topological polar surface area (TPSA) is 41.6 Å². The number of guanidine groups is 1. The highest BCUT2D eigenvalue weighted by Gasteiger charge is 2.26. The van der Waals surface area contributed by atoms with Crippen molar-refractivity contribution in [2.75, 3.05) is 13.1 Å². The molecule has 2 aliphatic rings. The molecule has 2 N–H and O–H groups in total. The largest absolute Gasteiger partial charge is 0.370 e. The molecule has 1 aliphatic heterocycles. The molecule has 1 saturated heterocycles. The number of likely N-dealkylation sites (tertiary alicyclic amines) is 1. The van der Waals surface area contributed by atoms with Crippen molar-refractivity contribution in [3.8, 4) is 0 Å². The molecule has 1 aliphatic carbocycles. The van der Waals surface area contributed by atoms with Gasteiger partial charge in [-0.3, -0.25) is 0 Å². The van der Waals surface area contributed by atoms with Gasteiger partial charge < -0.3 is 10.6 Å². The van der Waals surface area contributed by atoms with E-state index in [9.17, 15) is 0 Å². The number of rotatable bonds is 1. The van der Waals surface area contributed by atoms with Gasteiger partial charge in [0.15, 0.2) is 5.96 Å². The number of hydrogen-bond acceptors (Lipinski definition) is 1. The van der Waals surface area contributed by atoms with Crippen LogP contribution in [0.5, 0.6) is 0 Å². The first kappa shape index (κ1) is 10.8. The smallest absolute Gasteiger partial charge is 0.191 e. The molecular weight excluding hydrogens is 186 g/mol. The summed E-state index contributed by atoms with van der Waals surface area (Å²) in [4.78, 5) is 6.85. The van der Waals surface area contributed by atoms with Gasteiger partial charge in [0.25, 0.3) is 0 Å². The molecule has 0 radical (unpaired) electrons. The molecule has 0 aromatic heterocycles. The van der Waals surface area contributed by atoms with Crippen LogP contribution in [0.2, 0.25) is 0 Å². The molecule has 86 valence electrons. The SMILES string of the molecule is CC1CCN(C(N)=NC2CC(C)C2)CC1. The lowest BCUT2D eigenvalue weighted by atomic mass is 9.82. The van der Waals surface area contributed by atoms with Crippen LogP contribution in [-0.2, 0) is 0 Å². The summed E-state index contributed by atoms with van der Waals surface area (Å²) in [5.74, 6) is 2.50. The molecule has 1 saturated carbocycles. The lowest BCUT2D eigenvalue weighted by Crippen LogP contribution is -2.44. The van der Waals surface area contributed by atoms with Crippen LogP contribution < -0.4 is 5.73 Å². The third-order valence-corrected chi connectivity index (χ3v) is 3.77. The molecule has 0 unspecified atom stereocenters. The third kappa shape index (κ3) is 2.64. The molecular formula is C12H23N3. The summed E-state index contributed by atoms with van der Waals surface area (Å²) in [7, 11) is 0. The summed E-state index contributed by atoms with van der Waals surface area (Å²) in [6.07, 6.45) is 4.98. The number of nitrogens with zero attached hydrogens (tertiary/aromatic N) is 2. The highest BCUT2D eigenvalue weighted by Crippen LogP contribution is 2.29. The van der Waals surface area contributed by atoms with Gasteiger partial charge in [-0.2, -0.15) is 0 Å². The molecule has 0 bridgehead atoms. The summed E-state index contributed by atoms with van der Waals surface area (Å²) < 4.78 is 0. The summed E-state index contributed by atoms with van der Waals surface area (Å²) in [6, 6.07) is 0.513. The molecule has 0 aromatic rings. The molecule has 3 nitrogen and oxygen atoms in total. The van der Waals surface area contributed by atoms with Crippen molar-refractivity contribution in [2.45, 2.75) is 45.6 Å². The molecule has 15 heavy (non-hydrogen) atoms. The molecule has 0 amide bonds. The second-order valence-electron chi connectivity index (χ2n) is 5.39. The van der Waals surface area contributed by atoms with Crippen LogP contribution in [0.25, 0.3) is 0 Å². The Balaban J connectivity index is 1.82. The average Bonchev–Trinajstić information content (AvgIpc) is 2.16. The van der Waals surface area contributed by atoms with Crippen LogP contribution >= 0.6 is 0 Å². The van der Waals surface area contributed by atoms with Gasteiger partial charge in [0.05, 0.1) is 6.04 Å². The van der Waals surface area contributed by atoms with Gasteiger partial charge in [-0.15, -0.1) is 0 Å². The van der Waals surface area contributed by atoms with Gasteiger partial charge in [-0.25, -0.2) is 4.99 Å². The first-order valence-electron chi connectivity index (χ1n) is 6.23. The third-order valence-electron chi connectivity index (χ3n) is 3.77. The van der Waals surface area contributed by atoms with Crippen molar-refractivity contribution in [3.05, 3.63) is 0 Å². The van der Waals surface area contributed by atoms with E-state index in [0.717, 1.165) is 30.9 Å². The number of aliphatic imine (C=N–C) groups is 1. The first-order valence-corrected chi connectivity index (χ1v) is 6.23. The van der Waals surface area contributed by atoms with E-state index in [1.54, 1.807) is 0 Å². The van der Waals surface area contributed by atoms with E-state index in [4.69, 9.17) is 5.73 Å². The van der Waals surface area contributed by atoms with Crippen molar-refractivity contribution in [1.29, 1.82) is 0 Å². The van der Waals surface area contributed by atoms with E-state index in [0.29, 0.717) is 6.04 Å². The van der Waals surface area contributed by atoms with Gasteiger partial charge in [0.2, 0.25) is 0 Å². The molecule has 0 aromatic carbocycles. The quantitative estimate of drug-likeness (QED) is 0.529. The van der Waals surface area contributed by atoms with Gasteiger partial charge in [-0.05, 0) is 37.5 Å². The van der Waals surface area contributed by atoms with E-state index < -0.39 is 0 Å². The lowest BCUT2D eigenvalue weighted by molar-refractivity contribution is 0.264. The van der Waals surface area contributed by atoms with Crippen LogP contribution in [0.15, 0.2) is 4.99 Å². The zero-order valence-electron chi connectivity index (χ0n) is 9.95. The van der Waals surface area contributed by atoms with E-state index >= 15 is 0 Å². The van der Waals surface area contributed by atoms with Crippen LogP contribution in [0.3, 0.4) is 0 Å². The van der Waals surface area contributed by atoms with E-state index in [1.807, 2.05) is 0 Å². The van der Waals surface area contributed by atoms with Crippen LogP contribution in [0.1, 0.15) is 39.5 Å². The Kier molecular flexibility index (Phi) is 3.17. The fraction of sp³-hybridized carbons (Fsp3) is 0.917. The maximum Gasteiger partial charge on any atom is 0.191 e. The highest BCUT2D eigenvalue weighted by atomic mass is 15.3. The van der Waals surface area contributed by atoms with Crippen LogP contribution in [0, 0.1) is 11.8 Å². The minimum atomic E-state index is 0.513. The van der Waals surface area contributed by atoms with Crippen molar-refractivity contribution in [2.24, 2.45) is 22.6 Å². The Labute approximate surface area is 92.7 Å². The second-order valence-corrected chi connectivity index (χ2v) is 5.39. The van der Waals surface area contributed by atoms with Crippen molar-refractivity contribution in [1.82, 2.24) is 4.90 Å². The fourth-order valence-electron chi connectivity index (χ4n) is 2.47. The van der Waals surface area contributed by atoms with Crippen molar-refractivity contribution < 1.29 is 0 Å². The van der Waals surface area contributed by atoms with Crippen molar-refractivity contribution >= 4 is 5.96 Å². The Hall–Kier alpha value is -0.730. The van der Waals surface area contributed by atoms with E-state index in [-0.39, 0.29) is 0 Å². The molecule has 2 fully saturated rings. The second kappa shape index (κ2) is 4.42. The monoisotopic (exact) mass is 209 g/mol.